The summed E-state index contributed by atoms with van der Waals surface area (Å²) >= 11 is 7.92. The lowest BCUT2D eigenvalue weighted by atomic mass is 10.2. The number of halogens is 1. The van der Waals surface area contributed by atoms with Crippen molar-refractivity contribution >= 4 is 39.0 Å². The highest BCUT2D eigenvalue weighted by Crippen LogP contribution is 2.11. The van der Waals surface area contributed by atoms with Crippen LogP contribution in [0, 0.1) is 0 Å². The molecule has 0 bridgehead atoms. The summed E-state index contributed by atoms with van der Waals surface area (Å²) in [6.07, 6.45) is 0. The van der Waals surface area contributed by atoms with Crippen molar-refractivity contribution in [2.24, 2.45) is 5.73 Å². The maximum absolute atomic E-state index is 11.5. The molecule has 1 aromatic rings. The number of amides is 1. The smallest absolute Gasteiger partial charge is 0.251 e. The number of hydrogen-bond acceptors (Lipinski definition) is 2. The van der Waals surface area contributed by atoms with E-state index in [4.69, 9.17) is 5.73 Å². The van der Waals surface area contributed by atoms with E-state index in [1.54, 1.807) is 18.2 Å². The third-order valence-corrected chi connectivity index (χ3v) is 2.15. The van der Waals surface area contributed by atoms with Gasteiger partial charge in [-0.3, -0.25) is 4.79 Å². The van der Waals surface area contributed by atoms with Crippen LogP contribution in [0.25, 0.3) is 0 Å². The lowest BCUT2D eigenvalue weighted by Crippen LogP contribution is -2.32. The van der Waals surface area contributed by atoms with Gasteiger partial charge in [-0.25, -0.2) is 0 Å². The predicted octanol–water partition coefficient (Wildman–Crippen LogP) is 1.46. The molecular weight excluding hydrogens is 264 g/mol. The normalized spacial score (nSPS) is 9.50. The van der Waals surface area contributed by atoms with Gasteiger partial charge in [-0.1, -0.05) is 34.2 Å². The lowest BCUT2D eigenvalue weighted by molar-refractivity contribution is 0.0959. The third kappa shape index (κ3) is 3.43. The van der Waals surface area contributed by atoms with Gasteiger partial charge in [-0.05, 0) is 18.2 Å². The molecule has 0 spiro atoms. The number of rotatable bonds is 3. The van der Waals surface area contributed by atoms with Crippen LogP contribution >= 0.6 is 28.1 Å². The Bertz CT molecular complexity index is 368. The van der Waals surface area contributed by atoms with Crippen LogP contribution in [-0.4, -0.2) is 17.4 Å². The molecule has 14 heavy (non-hydrogen) atoms. The molecule has 0 atom stereocenters. The van der Waals surface area contributed by atoms with Gasteiger partial charge in [-0.2, -0.15) is 0 Å². The van der Waals surface area contributed by atoms with Crippen LogP contribution in [0.3, 0.4) is 0 Å². The van der Waals surface area contributed by atoms with Crippen molar-refractivity contribution in [1.82, 2.24) is 5.32 Å². The Balaban J connectivity index is 2.65. The molecule has 0 aliphatic heterocycles. The second kappa shape index (κ2) is 5.07. The minimum Gasteiger partial charge on any atom is -0.392 e. The monoisotopic (exact) mass is 272 g/mol. The van der Waals surface area contributed by atoms with E-state index in [0.717, 1.165) is 4.47 Å². The number of carbonyl (C=O) groups excluding carboxylic acids is 1. The molecule has 5 heteroatoms. The van der Waals surface area contributed by atoms with Gasteiger partial charge in [0.05, 0.1) is 11.5 Å². The summed E-state index contributed by atoms with van der Waals surface area (Å²) in [7, 11) is 0. The highest BCUT2D eigenvalue weighted by Gasteiger charge is 2.04. The van der Waals surface area contributed by atoms with Gasteiger partial charge in [0.1, 0.15) is 0 Å². The Morgan fingerprint density at radius 3 is 2.86 bits per heavy atom. The molecule has 1 rings (SSSR count). The molecule has 0 saturated carbocycles. The summed E-state index contributed by atoms with van der Waals surface area (Å²) in [6.45, 7) is 0.223. The molecule has 0 radical (unpaired) electrons. The van der Waals surface area contributed by atoms with E-state index in [2.05, 4.69) is 33.5 Å². The molecule has 74 valence electrons. The van der Waals surface area contributed by atoms with Gasteiger partial charge >= 0.3 is 0 Å². The molecule has 0 fully saturated rings. The van der Waals surface area contributed by atoms with Crippen molar-refractivity contribution in [1.29, 1.82) is 0 Å². The van der Waals surface area contributed by atoms with E-state index in [0.29, 0.717) is 5.56 Å². The van der Waals surface area contributed by atoms with Crippen molar-refractivity contribution in [3.05, 3.63) is 34.3 Å². The van der Waals surface area contributed by atoms with Crippen LogP contribution in [0.15, 0.2) is 28.7 Å². The first-order chi connectivity index (χ1) is 6.59. The van der Waals surface area contributed by atoms with Crippen LogP contribution < -0.4 is 11.1 Å². The van der Waals surface area contributed by atoms with Gasteiger partial charge in [0.15, 0.2) is 0 Å². The number of nitrogens with one attached hydrogen (secondary N) is 1. The number of nitrogens with two attached hydrogens (primary N) is 1. The maximum Gasteiger partial charge on any atom is 0.251 e. The highest BCUT2D eigenvalue weighted by atomic mass is 79.9. The Kier molecular flexibility index (Phi) is 4.03. The Hall–Kier alpha value is -0.940. The van der Waals surface area contributed by atoms with Crippen molar-refractivity contribution in [2.45, 2.75) is 0 Å². The second-order valence-corrected chi connectivity index (χ2v) is 4.10. The molecule has 0 saturated heterocycles. The standard InChI is InChI=1S/C9H9BrN2OS/c10-7-3-1-2-6(4-7)9(13)12-5-8(11)14/h1-4H,5H2,(H2,11,14)(H,12,13). The quantitative estimate of drug-likeness (QED) is 0.820. The van der Waals surface area contributed by atoms with Gasteiger partial charge in [0, 0.05) is 10.0 Å². The van der Waals surface area contributed by atoms with Gasteiger partial charge in [0.2, 0.25) is 0 Å². The van der Waals surface area contributed by atoms with E-state index >= 15 is 0 Å². The first kappa shape index (κ1) is 11.1. The summed E-state index contributed by atoms with van der Waals surface area (Å²) in [5.41, 5.74) is 5.84. The van der Waals surface area contributed by atoms with Gasteiger partial charge in [-0.15, -0.1) is 0 Å². The summed E-state index contributed by atoms with van der Waals surface area (Å²) in [5, 5.41) is 2.60. The summed E-state index contributed by atoms with van der Waals surface area (Å²) in [5.74, 6) is -0.181. The van der Waals surface area contributed by atoms with E-state index in [-0.39, 0.29) is 17.4 Å². The first-order valence-electron chi connectivity index (χ1n) is 3.91. The van der Waals surface area contributed by atoms with Crippen LogP contribution in [-0.2, 0) is 0 Å². The molecule has 0 aliphatic carbocycles. The zero-order chi connectivity index (χ0) is 10.6. The minimum absolute atomic E-state index is 0.181. The fourth-order valence-electron chi connectivity index (χ4n) is 0.899. The topological polar surface area (TPSA) is 55.1 Å². The van der Waals surface area contributed by atoms with Crippen molar-refractivity contribution < 1.29 is 4.79 Å². The molecule has 0 aromatic heterocycles. The average molecular weight is 273 g/mol. The Labute approximate surface area is 95.8 Å². The van der Waals surface area contributed by atoms with E-state index < -0.39 is 0 Å². The third-order valence-electron chi connectivity index (χ3n) is 1.51. The fraction of sp³-hybridized carbons (Fsp3) is 0.111. The zero-order valence-corrected chi connectivity index (χ0v) is 9.69. The van der Waals surface area contributed by atoms with Crippen LogP contribution in [0.4, 0.5) is 0 Å². The van der Waals surface area contributed by atoms with E-state index in [9.17, 15) is 4.79 Å². The van der Waals surface area contributed by atoms with Crippen LogP contribution in [0.1, 0.15) is 10.4 Å². The molecule has 0 heterocycles. The summed E-state index contributed by atoms with van der Waals surface area (Å²) in [6, 6.07) is 7.10. The van der Waals surface area contributed by atoms with Crippen LogP contribution in [0.2, 0.25) is 0 Å². The largest absolute Gasteiger partial charge is 0.392 e. The van der Waals surface area contributed by atoms with E-state index in [1.807, 2.05) is 6.07 Å². The second-order valence-electron chi connectivity index (χ2n) is 2.66. The maximum atomic E-state index is 11.5. The van der Waals surface area contributed by atoms with Crippen molar-refractivity contribution in [2.75, 3.05) is 6.54 Å². The average Bonchev–Trinajstić information content (AvgIpc) is 2.14. The fourth-order valence-corrected chi connectivity index (χ4v) is 1.37. The molecule has 3 nitrogen and oxygen atoms in total. The lowest BCUT2D eigenvalue weighted by Gasteiger charge is -2.03. The molecular formula is C9H9BrN2OS. The minimum atomic E-state index is -0.181. The zero-order valence-electron chi connectivity index (χ0n) is 7.29. The Morgan fingerprint density at radius 2 is 2.29 bits per heavy atom. The Morgan fingerprint density at radius 1 is 1.57 bits per heavy atom. The molecule has 1 aromatic carbocycles. The predicted molar refractivity (Wildman–Crippen MR) is 63.3 cm³/mol. The van der Waals surface area contributed by atoms with Gasteiger partial charge in [0.25, 0.3) is 5.91 Å². The van der Waals surface area contributed by atoms with E-state index in [1.165, 1.54) is 0 Å². The summed E-state index contributed by atoms with van der Waals surface area (Å²) < 4.78 is 0.862. The van der Waals surface area contributed by atoms with Crippen LogP contribution in [0.5, 0.6) is 0 Å². The molecule has 1 amide bonds. The molecule has 0 aliphatic rings. The molecule has 3 N–H and O–H groups in total. The number of benzene rings is 1. The summed E-state index contributed by atoms with van der Waals surface area (Å²) in [4.78, 5) is 11.7. The first-order valence-corrected chi connectivity index (χ1v) is 5.12. The number of hydrogen-bond donors (Lipinski definition) is 2. The van der Waals surface area contributed by atoms with Gasteiger partial charge < -0.3 is 11.1 Å². The highest BCUT2D eigenvalue weighted by molar-refractivity contribution is 9.10. The number of carbonyl (C=O) groups is 1. The van der Waals surface area contributed by atoms with Crippen molar-refractivity contribution in [3.8, 4) is 0 Å². The number of thiocarbonyl (C=S) groups is 1. The van der Waals surface area contributed by atoms with Crippen molar-refractivity contribution in [3.63, 3.8) is 0 Å². The molecule has 0 unspecified atom stereocenters. The SMILES string of the molecule is NC(=S)CNC(=O)c1cccc(Br)c1.